The number of methoxy groups -OCH3 is 1. The number of aryl methyl sites for hydroxylation is 1. The Morgan fingerprint density at radius 1 is 1.35 bits per heavy atom. The van der Waals surface area contributed by atoms with Gasteiger partial charge in [-0.2, -0.15) is 8.78 Å². The lowest BCUT2D eigenvalue weighted by molar-refractivity contribution is -0.0512. The smallest absolute Gasteiger partial charge is 0.387 e. The highest BCUT2D eigenvalue weighted by Crippen LogP contribution is 2.35. The first-order valence-electron chi connectivity index (χ1n) is 9.69. The van der Waals surface area contributed by atoms with Crippen molar-refractivity contribution in [1.82, 2.24) is 9.97 Å². The van der Waals surface area contributed by atoms with Gasteiger partial charge < -0.3 is 19.2 Å². The fourth-order valence-electron chi connectivity index (χ4n) is 3.67. The third-order valence-corrected chi connectivity index (χ3v) is 6.32. The molecule has 0 amide bonds. The molecule has 0 radical (unpaired) electrons. The van der Waals surface area contributed by atoms with Crippen LogP contribution in [-0.4, -0.2) is 29.7 Å². The normalized spacial score (nSPS) is 15.7. The second-order valence-electron chi connectivity index (χ2n) is 7.36. The molecule has 3 aromatic rings. The molecule has 10 heteroatoms. The predicted octanol–water partition coefficient (Wildman–Crippen LogP) is 4.08. The number of carbonyl (C=O) groups is 1. The van der Waals surface area contributed by atoms with E-state index in [9.17, 15) is 18.4 Å². The molecule has 2 heterocycles. The molecule has 0 fully saturated rings. The predicted molar refractivity (Wildman–Crippen MR) is 110 cm³/mol. The molecule has 0 unspecified atom stereocenters. The molecule has 0 saturated heterocycles. The minimum Gasteiger partial charge on any atom is -0.493 e. The van der Waals surface area contributed by atoms with Crippen LogP contribution in [-0.2, 0) is 24.2 Å². The minimum atomic E-state index is -3.02. The van der Waals surface area contributed by atoms with E-state index < -0.39 is 12.6 Å². The summed E-state index contributed by atoms with van der Waals surface area (Å²) in [6, 6.07) is 3.73. The molecule has 7 nitrogen and oxygen atoms in total. The SMILES string of the molecule is COc1cc(C(=O)OCc2nc3sc4c(c3c(=O)[nH]2)CC[C@H](C)C4)ccc1OC(F)F. The van der Waals surface area contributed by atoms with Gasteiger partial charge in [0.05, 0.1) is 18.1 Å². The van der Waals surface area contributed by atoms with Crippen molar-refractivity contribution in [2.45, 2.75) is 39.4 Å². The standard InChI is InChI=1S/C21H20F2N2O5S/c1-10-3-5-12-15(7-10)31-19-17(12)18(26)24-16(25-19)9-29-20(27)11-4-6-13(30-21(22)23)14(8-11)28-2/h4,6,8,10,21H,3,5,7,9H2,1-2H3,(H,24,25,26)/t10-/m0/s1. The van der Waals surface area contributed by atoms with Crippen molar-refractivity contribution in [1.29, 1.82) is 0 Å². The van der Waals surface area contributed by atoms with Gasteiger partial charge in [-0.1, -0.05) is 6.92 Å². The summed E-state index contributed by atoms with van der Waals surface area (Å²) in [6.45, 7) is -1.06. The van der Waals surface area contributed by atoms with E-state index in [-0.39, 0.29) is 35.1 Å². The van der Waals surface area contributed by atoms with Crippen molar-refractivity contribution >= 4 is 27.5 Å². The Balaban J connectivity index is 1.51. The van der Waals surface area contributed by atoms with Gasteiger partial charge in [-0.3, -0.25) is 4.79 Å². The molecular formula is C21H20F2N2O5S. The number of hydrogen-bond donors (Lipinski definition) is 1. The van der Waals surface area contributed by atoms with Crippen LogP contribution in [0.5, 0.6) is 11.5 Å². The number of fused-ring (bicyclic) bond motifs is 3. The number of hydrogen-bond acceptors (Lipinski definition) is 7. The van der Waals surface area contributed by atoms with Crippen molar-refractivity contribution in [3.63, 3.8) is 0 Å². The number of ether oxygens (including phenoxy) is 3. The highest BCUT2D eigenvalue weighted by Gasteiger charge is 2.23. The number of benzene rings is 1. The van der Waals surface area contributed by atoms with Crippen LogP contribution in [0.1, 0.15) is 40.0 Å². The fourth-order valence-corrected chi connectivity index (χ4v) is 5.07. The second-order valence-corrected chi connectivity index (χ2v) is 8.45. The maximum atomic E-state index is 12.6. The fraction of sp³-hybridized carbons (Fsp3) is 0.381. The average Bonchev–Trinajstić information content (AvgIpc) is 3.09. The van der Waals surface area contributed by atoms with Crippen molar-refractivity contribution in [2.24, 2.45) is 5.92 Å². The number of esters is 1. The zero-order valence-corrected chi connectivity index (χ0v) is 17.7. The first kappa shape index (κ1) is 21.2. The summed E-state index contributed by atoms with van der Waals surface area (Å²) in [5, 5.41) is 0.626. The summed E-state index contributed by atoms with van der Waals surface area (Å²) < 4.78 is 39.4. The Labute approximate surface area is 180 Å². The Bertz CT molecular complexity index is 1190. The molecule has 0 saturated carbocycles. The zero-order chi connectivity index (χ0) is 22.1. The Morgan fingerprint density at radius 2 is 2.16 bits per heavy atom. The quantitative estimate of drug-likeness (QED) is 0.570. The number of alkyl halides is 2. The van der Waals surface area contributed by atoms with Gasteiger partial charge in [-0.15, -0.1) is 11.3 Å². The van der Waals surface area contributed by atoms with E-state index >= 15 is 0 Å². The lowest BCUT2D eigenvalue weighted by Gasteiger charge is -2.17. The molecule has 1 aliphatic rings. The first-order valence-corrected chi connectivity index (χ1v) is 10.5. The summed E-state index contributed by atoms with van der Waals surface area (Å²) in [5.41, 5.74) is 0.925. The van der Waals surface area contributed by atoms with Crippen LogP contribution in [0.4, 0.5) is 8.78 Å². The van der Waals surface area contributed by atoms with Gasteiger partial charge in [0.15, 0.2) is 11.5 Å². The summed E-state index contributed by atoms with van der Waals surface area (Å²) in [7, 11) is 1.27. The van der Waals surface area contributed by atoms with Gasteiger partial charge >= 0.3 is 12.6 Å². The van der Waals surface area contributed by atoms with Gasteiger partial charge in [-0.05, 0) is 48.9 Å². The number of halogens is 2. The van der Waals surface area contributed by atoms with Gasteiger partial charge in [0.25, 0.3) is 5.56 Å². The lowest BCUT2D eigenvalue weighted by atomic mass is 9.89. The number of thiophene rings is 1. The van der Waals surface area contributed by atoms with Gasteiger partial charge in [0.2, 0.25) is 0 Å². The molecule has 164 valence electrons. The summed E-state index contributed by atoms with van der Waals surface area (Å²) in [6.07, 6.45) is 2.85. The molecule has 1 aromatic carbocycles. The summed E-state index contributed by atoms with van der Waals surface area (Å²) in [5.74, 6) is -0.122. The number of nitrogens with one attached hydrogen (secondary N) is 1. The molecular weight excluding hydrogens is 430 g/mol. The third kappa shape index (κ3) is 4.39. The molecule has 2 aromatic heterocycles. The van der Waals surface area contributed by atoms with Crippen LogP contribution >= 0.6 is 11.3 Å². The summed E-state index contributed by atoms with van der Waals surface area (Å²) >= 11 is 1.51. The molecule has 1 atom stereocenters. The van der Waals surface area contributed by atoms with Crippen molar-refractivity contribution in [2.75, 3.05) is 7.11 Å². The number of aromatic nitrogens is 2. The molecule has 0 bridgehead atoms. The molecule has 0 spiro atoms. The molecule has 31 heavy (non-hydrogen) atoms. The van der Waals surface area contributed by atoms with Crippen LogP contribution in [0.15, 0.2) is 23.0 Å². The monoisotopic (exact) mass is 450 g/mol. The van der Waals surface area contributed by atoms with E-state index in [0.29, 0.717) is 16.1 Å². The molecule has 1 aliphatic carbocycles. The first-order chi connectivity index (χ1) is 14.9. The van der Waals surface area contributed by atoms with Gasteiger partial charge in [0.1, 0.15) is 17.3 Å². The van der Waals surface area contributed by atoms with Gasteiger partial charge in [0, 0.05) is 4.88 Å². The second kappa shape index (κ2) is 8.62. The number of carbonyl (C=O) groups excluding carboxylic acids is 1. The third-order valence-electron chi connectivity index (χ3n) is 5.17. The van der Waals surface area contributed by atoms with Crippen LogP contribution < -0.4 is 15.0 Å². The van der Waals surface area contributed by atoms with E-state index in [0.717, 1.165) is 24.8 Å². The highest BCUT2D eigenvalue weighted by molar-refractivity contribution is 7.18. The Hall–Kier alpha value is -3.01. The average molecular weight is 450 g/mol. The number of nitrogens with zero attached hydrogens (tertiary/aromatic N) is 1. The van der Waals surface area contributed by atoms with E-state index in [4.69, 9.17) is 9.47 Å². The van der Waals surface area contributed by atoms with Crippen LogP contribution in [0.25, 0.3) is 10.2 Å². The molecule has 4 rings (SSSR count). The molecule has 0 aliphatic heterocycles. The topological polar surface area (TPSA) is 90.5 Å². The van der Waals surface area contributed by atoms with Crippen LogP contribution in [0, 0.1) is 5.92 Å². The van der Waals surface area contributed by atoms with E-state index in [2.05, 4.69) is 21.6 Å². The van der Waals surface area contributed by atoms with E-state index in [1.54, 1.807) is 0 Å². The minimum absolute atomic E-state index is 0.0268. The zero-order valence-electron chi connectivity index (χ0n) is 16.9. The van der Waals surface area contributed by atoms with Crippen LogP contribution in [0.3, 0.4) is 0 Å². The lowest BCUT2D eigenvalue weighted by Crippen LogP contribution is -2.16. The molecule has 1 N–H and O–H groups in total. The Morgan fingerprint density at radius 3 is 2.90 bits per heavy atom. The largest absolute Gasteiger partial charge is 0.493 e. The van der Waals surface area contributed by atoms with Crippen molar-refractivity contribution in [3.8, 4) is 11.5 Å². The maximum absolute atomic E-state index is 12.6. The number of rotatable bonds is 6. The number of aromatic amines is 1. The number of H-pyrrole nitrogens is 1. The van der Waals surface area contributed by atoms with Crippen molar-refractivity contribution in [3.05, 3.63) is 50.4 Å². The van der Waals surface area contributed by atoms with Gasteiger partial charge in [-0.25, -0.2) is 9.78 Å². The summed E-state index contributed by atoms with van der Waals surface area (Å²) in [4.78, 5) is 34.0. The van der Waals surface area contributed by atoms with Crippen LogP contribution in [0.2, 0.25) is 0 Å². The van der Waals surface area contributed by atoms with Crippen molar-refractivity contribution < 1.29 is 27.8 Å². The van der Waals surface area contributed by atoms with E-state index in [1.807, 2.05) is 0 Å². The van der Waals surface area contributed by atoms with E-state index in [1.165, 1.54) is 41.5 Å². The highest BCUT2D eigenvalue weighted by atomic mass is 32.1. The maximum Gasteiger partial charge on any atom is 0.387 e. The Kier molecular flexibility index (Phi) is 5.90.